The van der Waals surface area contributed by atoms with Gasteiger partial charge in [0.25, 0.3) is 0 Å². The van der Waals surface area contributed by atoms with Crippen LogP contribution in [0.2, 0.25) is 0 Å². The zero-order valence-electron chi connectivity index (χ0n) is 5.90. The van der Waals surface area contributed by atoms with E-state index in [1.807, 2.05) is 0 Å². The molecule has 0 bridgehead atoms. The summed E-state index contributed by atoms with van der Waals surface area (Å²) in [6.07, 6.45) is 9.46. The van der Waals surface area contributed by atoms with Crippen LogP contribution in [-0.2, 0) is 0 Å². The fourth-order valence-corrected chi connectivity index (χ4v) is 3.26. The first kappa shape index (κ1) is 4.76. The molecule has 1 spiro atoms. The molecule has 3 saturated carbocycles. The highest BCUT2D eigenvalue weighted by atomic mass is 14.7. The molecule has 50 valence electrons. The number of fused-ring (bicyclic) bond motifs is 3. The lowest BCUT2D eigenvalue weighted by Crippen LogP contribution is -1.91. The second-order valence-corrected chi connectivity index (χ2v) is 4.23. The third-order valence-electron chi connectivity index (χ3n) is 3.96. The maximum Gasteiger partial charge on any atom is -0.0235 e. The minimum Gasteiger partial charge on any atom is -0.0530 e. The predicted molar refractivity (Wildman–Crippen MR) is 37.1 cm³/mol. The average Bonchev–Trinajstić information content (AvgIpc) is 2.77. The molecule has 0 aromatic heterocycles. The van der Waals surface area contributed by atoms with Crippen molar-refractivity contribution in [2.24, 2.45) is 17.3 Å². The molecule has 0 aromatic rings. The molecular weight excluding hydrogens is 108 g/mol. The smallest absolute Gasteiger partial charge is 0.0235 e. The molecule has 0 radical (unpaired) electrons. The Morgan fingerprint density at radius 3 is 1.89 bits per heavy atom. The van der Waals surface area contributed by atoms with E-state index >= 15 is 0 Å². The summed E-state index contributed by atoms with van der Waals surface area (Å²) in [7, 11) is 0. The second-order valence-electron chi connectivity index (χ2n) is 4.23. The molecule has 2 unspecified atom stereocenters. The molecule has 0 N–H and O–H groups in total. The monoisotopic (exact) mass is 122 g/mol. The molecule has 3 fully saturated rings. The molecule has 0 aliphatic heterocycles. The van der Waals surface area contributed by atoms with Crippen LogP contribution >= 0.6 is 0 Å². The third kappa shape index (κ3) is 0.426. The van der Waals surface area contributed by atoms with Gasteiger partial charge in [-0.2, -0.15) is 0 Å². The standard InChI is InChI=1S/C9H14/c1-2-4-8-7(3-1)9(8)5-6-9/h7-8H,1-6H2. The Kier molecular flexibility index (Phi) is 0.640. The minimum absolute atomic E-state index is 0.997. The molecule has 0 amide bonds. The molecular formula is C9H14. The van der Waals surface area contributed by atoms with Gasteiger partial charge in [0.15, 0.2) is 0 Å². The van der Waals surface area contributed by atoms with Gasteiger partial charge in [-0.3, -0.25) is 0 Å². The SMILES string of the molecule is C1CCC2C(C1)C21CC1. The Balaban J connectivity index is 1.85. The number of hydrogen-bond donors (Lipinski definition) is 0. The van der Waals surface area contributed by atoms with Gasteiger partial charge in [-0.05, 0) is 42.9 Å². The van der Waals surface area contributed by atoms with Crippen molar-refractivity contribution in [2.45, 2.75) is 38.5 Å². The van der Waals surface area contributed by atoms with Crippen LogP contribution in [0.1, 0.15) is 38.5 Å². The van der Waals surface area contributed by atoms with Crippen molar-refractivity contribution < 1.29 is 0 Å². The van der Waals surface area contributed by atoms with E-state index < -0.39 is 0 Å². The first-order valence-corrected chi connectivity index (χ1v) is 4.43. The first-order valence-electron chi connectivity index (χ1n) is 4.43. The van der Waals surface area contributed by atoms with E-state index in [1.54, 1.807) is 38.5 Å². The van der Waals surface area contributed by atoms with Crippen LogP contribution in [0.15, 0.2) is 0 Å². The normalized spacial score (nSPS) is 50.7. The van der Waals surface area contributed by atoms with Gasteiger partial charge < -0.3 is 0 Å². The number of hydrogen-bond acceptors (Lipinski definition) is 0. The van der Waals surface area contributed by atoms with E-state index in [0.29, 0.717) is 0 Å². The summed E-state index contributed by atoms with van der Waals surface area (Å²) >= 11 is 0. The predicted octanol–water partition coefficient (Wildman–Crippen LogP) is 2.59. The molecule has 3 aliphatic carbocycles. The van der Waals surface area contributed by atoms with Crippen LogP contribution in [0.4, 0.5) is 0 Å². The van der Waals surface area contributed by atoms with E-state index in [9.17, 15) is 0 Å². The quantitative estimate of drug-likeness (QED) is 0.463. The molecule has 9 heavy (non-hydrogen) atoms. The Morgan fingerprint density at radius 1 is 0.889 bits per heavy atom. The van der Waals surface area contributed by atoms with Gasteiger partial charge in [-0.25, -0.2) is 0 Å². The first-order chi connectivity index (χ1) is 4.43. The highest BCUT2D eigenvalue weighted by Crippen LogP contribution is 2.78. The minimum atomic E-state index is 0.997. The fraction of sp³-hybridized carbons (Fsp3) is 1.00. The van der Waals surface area contributed by atoms with Gasteiger partial charge in [-0.15, -0.1) is 0 Å². The van der Waals surface area contributed by atoms with Crippen LogP contribution in [0.5, 0.6) is 0 Å². The van der Waals surface area contributed by atoms with Crippen molar-refractivity contribution in [3.05, 3.63) is 0 Å². The highest BCUT2D eigenvalue weighted by molar-refractivity contribution is 5.19. The average molecular weight is 122 g/mol. The molecule has 0 nitrogen and oxygen atoms in total. The largest absolute Gasteiger partial charge is 0.0530 e. The Bertz CT molecular complexity index is 130. The molecule has 0 aromatic carbocycles. The van der Waals surface area contributed by atoms with Crippen LogP contribution in [0.3, 0.4) is 0 Å². The van der Waals surface area contributed by atoms with E-state index in [1.165, 1.54) is 11.8 Å². The van der Waals surface area contributed by atoms with E-state index in [4.69, 9.17) is 0 Å². The topological polar surface area (TPSA) is 0 Å². The van der Waals surface area contributed by atoms with Crippen molar-refractivity contribution in [1.29, 1.82) is 0 Å². The van der Waals surface area contributed by atoms with Crippen molar-refractivity contribution in [3.63, 3.8) is 0 Å². The fourth-order valence-electron chi connectivity index (χ4n) is 3.26. The lowest BCUT2D eigenvalue weighted by atomic mass is 10.0. The second kappa shape index (κ2) is 1.21. The third-order valence-corrected chi connectivity index (χ3v) is 3.96. The van der Waals surface area contributed by atoms with E-state index in [2.05, 4.69) is 0 Å². The maximum atomic E-state index is 1.60. The Labute approximate surface area is 56.6 Å². The van der Waals surface area contributed by atoms with Gasteiger partial charge in [0.05, 0.1) is 0 Å². The van der Waals surface area contributed by atoms with Gasteiger partial charge in [0, 0.05) is 0 Å². The zero-order valence-corrected chi connectivity index (χ0v) is 5.90. The summed E-state index contributed by atoms with van der Waals surface area (Å²) in [5.74, 6) is 2.46. The molecule has 3 rings (SSSR count). The van der Waals surface area contributed by atoms with Crippen LogP contribution in [0.25, 0.3) is 0 Å². The summed E-state index contributed by atoms with van der Waals surface area (Å²) in [5.41, 5.74) is 0.997. The molecule has 0 saturated heterocycles. The molecule has 3 aliphatic rings. The maximum absolute atomic E-state index is 1.60. The number of rotatable bonds is 0. The summed E-state index contributed by atoms with van der Waals surface area (Å²) in [4.78, 5) is 0. The van der Waals surface area contributed by atoms with Crippen LogP contribution < -0.4 is 0 Å². The van der Waals surface area contributed by atoms with Crippen molar-refractivity contribution in [2.75, 3.05) is 0 Å². The van der Waals surface area contributed by atoms with Crippen molar-refractivity contribution in [1.82, 2.24) is 0 Å². The lowest BCUT2D eigenvalue weighted by Gasteiger charge is -2.04. The zero-order chi connectivity index (χ0) is 5.90. The summed E-state index contributed by atoms with van der Waals surface area (Å²) in [5, 5.41) is 0. The Hall–Kier alpha value is 0. The van der Waals surface area contributed by atoms with Crippen LogP contribution in [0, 0.1) is 17.3 Å². The molecule has 2 atom stereocenters. The van der Waals surface area contributed by atoms with Crippen molar-refractivity contribution in [3.8, 4) is 0 Å². The van der Waals surface area contributed by atoms with Gasteiger partial charge in [-0.1, -0.05) is 12.8 Å². The van der Waals surface area contributed by atoms with Gasteiger partial charge in [0.2, 0.25) is 0 Å². The summed E-state index contributed by atoms with van der Waals surface area (Å²) in [6.45, 7) is 0. The van der Waals surface area contributed by atoms with Gasteiger partial charge in [0.1, 0.15) is 0 Å². The van der Waals surface area contributed by atoms with Crippen LogP contribution in [-0.4, -0.2) is 0 Å². The lowest BCUT2D eigenvalue weighted by molar-refractivity contribution is 0.480. The Morgan fingerprint density at radius 2 is 1.44 bits per heavy atom. The highest BCUT2D eigenvalue weighted by Gasteiger charge is 2.70. The molecule has 0 heterocycles. The van der Waals surface area contributed by atoms with E-state index in [0.717, 1.165) is 5.41 Å². The molecule has 0 heteroatoms. The van der Waals surface area contributed by atoms with E-state index in [-0.39, 0.29) is 0 Å². The van der Waals surface area contributed by atoms with Crippen molar-refractivity contribution >= 4 is 0 Å². The summed E-state index contributed by atoms with van der Waals surface area (Å²) in [6, 6.07) is 0. The summed E-state index contributed by atoms with van der Waals surface area (Å²) < 4.78 is 0. The van der Waals surface area contributed by atoms with Gasteiger partial charge >= 0.3 is 0 Å².